The van der Waals surface area contributed by atoms with Crippen LogP contribution >= 0.6 is 0 Å². The molecule has 0 radical (unpaired) electrons. The van der Waals surface area contributed by atoms with Gasteiger partial charge in [0.05, 0.1) is 10.9 Å². The number of nitrogens with one attached hydrogen (secondary N) is 1. The number of aryl methyl sites for hydroxylation is 2. The molecule has 1 saturated heterocycles. The number of fused-ring (bicyclic) bond motifs is 1. The second-order valence-electron chi connectivity index (χ2n) is 7.31. The minimum absolute atomic E-state index is 0.0453. The van der Waals surface area contributed by atoms with Crippen molar-refractivity contribution in [2.24, 2.45) is 0 Å². The van der Waals surface area contributed by atoms with E-state index in [1.165, 1.54) is 19.3 Å². The van der Waals surface area contributed by atoms with E-state index < -0.39 is 0 Å². The van der Waals surface area contributed by atoms with Crippen LogP contribution in [0.4, 0.5) is 5.82 Å². The summed E-state index contributed by atoms with van der Waals surface area (Å²) in [5.74, 6) is 2.12. The van der Waals surface area contributed by atoms with Gasteiger partial charge in [-0.25, -0.2) is 4.98 Å². The van der Waals surface area contributed by atoms with Gasteiger partial charge in [-0.1, -0.05) is 19.3 Å². The highest BCUT2D eigenvalue weighted by Gasteiger charge is 2.28. The van der Waals surface area contributed by atoms with Crippen LogP contribution in [0.3, 0.4) is 0 Å². The highest BCUT2D eigenvalue weighted by Crippen LogP contribution is 2.33. The van der Waals surface area contributed by atoms with E-state index in [9.17, 15) is 4.79 Å². The number of nitrogens with zero attached hydrogens (tertiary/aromatic N) is 3. The molecule has 2 aromatic rings. The molecule has 2 fully saturated rings. The first-order chi connectivity index (χ1) is 12.1. The Morgan fingerprint density at radius 2 is 1.80 bits per heavy atom. The largest absolute Gasteiger partial charge is 0.442 e. The van der Waals surface area contributed by atoms with Crippen LogP contribution in [-0.4, -0.2) is 35.0 Å². The van der Waals surface area contributed by atoms with E-state index in [4.69, 9.17) is 4.42 Å². The van der Waals surface area contributed by atoms with E-state index >= 15 is 0 Å². The van der Waals surface area contributed by atoms with E-state index in [0.29, 0.717) is 22.9 Å². The lowest BCUT2D eigenvalue weighted by molar-refractivity contribution is 0.0927. The lowest BCUT2D eigenvalue weighted by atomic mass is 9.95. The van der Waals surface area contributed by atoms with Crippen LogP contribution in [0.15, 0.2) is 4.42 Å². The molecule has 25 heavy (non-hydrogen) atoms. The van der Waals surface area contributed by atoms with Gasteiger partial charge in [0.2, 0.25) is 5.71 Å². The summed E-state index contributed by atoms with van der Waals surface area (Å²) in [5, 5.41) is 3.99. The predicted octanol–water partition coefficient (Wildman–Crippen LogP) is 3.50. The van der Waals surface area contributed by atoms with Gasteiger partial charge in [-0.2, -0.15) is 4.98 Å². The summed E-state index contributed by atoms with van der Waals surface area (Å²) in [6, 6.07) is 0.271. The average molecular weight is 342 g/mol. The topological polar surface area (TPSA) is 71.3 Å². The van der Waals surface area contributed by atoms with Gasteiger partial charge in [-0.15, -0.1) is 0 Å². The van der Waals surface area contributed by atoms with Crippen molar-refractivity contribution in [2.45, 2.75) is 64.8 Å². The van der Waals surface area contributed by atoms with E-state index in [1.54, 1.807) is 0 Å². The molecule has 3 heterocycles. The second kappa shape index (κ2) is 6.65. The summed E-state index contributed by atoms with van der Waals surface area (Å²) in [6.07, 6.45) is 8.10. The van der Waals surface area contributed by atoms with Gasteiger partial charge < -0.3 is 14.6 Å². The molecule has 0 spiro atoms. The molecule has 2 aliphatic rings. The summed E-state index contributed by atoms with van der Waals surface area (Å²) in [7, 11) is 0. The van der Waals surface area contributed by atoms with Crippen LogP contribution in [0, 0.1) is 13.8 Å². The van der Waals surface area contributed by atoms with Crippen LogP contribution in [0.25, 0.3) is 11.1 Å². The van der Waals surface area contributed by atoms with Crippen LogP contribution in [0.5, 0.6) is 0 Å². The summed E-state index contributed by atoms with van der Waals surface area (Å²) in [4.78, 5) is 24.4. The number of anilines is 1. The molecule has 1 saturated carbocycles. The third-order valence-electron chi connectivity index (χ3n) is 5.39. The molecule has 134 valence electrons. The van der Waals surface area contributed by atoms with Crippen LogP contribution in [0.1, 0.15) is 66.9 Å². The van der Waals surface area contributed by atoms with Crippen molar-refractivity contribution in [3.8, 4) is 0 Å². The SMILES string of the molecule is Cc1nc(N2CCCC2)c2c(C(=O)NC3CCCCC3)c(C)oc2n1. The maximum Gasteiger partial charge on any atom is 0.255 e. The van der Waals surface area contributed by atoms with Crippen molar-refractivity contribution in [2.75, 3.05) is 18.0 Å². The third kappa shape index (κ3) is 3.10. The molecule has 0 aromatic carbocycles. The Morgan fingerprint density at radius 1 is 1.08 bits per heavy atom. The fraction of sp³-hybridized carbons (Fsp3) is 0.632. The summed E-state index contributed by atoms with van der Waals surface area (Å²) < 4.78 is 5.85. The Kier molecular flexibility index (Phi) is 4.36. The van der Waals surface area contributed by atoms with Gasteiger partial charge in [0, 0.05) is 19.1 Å². The molecular weight excluding hydrogens is 316 g/mol. The van der Waals surface area contributed by atoms with E-state index in [1.807, 2.05) is 13.8 Å². The monoisotopic (exact) mass is 342 g/mol. The molecule has 1 aliphatic heterocycles. The Bertz CT molecular complexity index is 786. The van der Waals surface area contributed by atoms with Crippen molar-refractivity contribution < 1.29 is 9.21 Å². The Hall–Kier alpha value is -2.11. The number of amides is 1. The van der Waals surface area contributed by atoms with Crippen molar-refractivity contribution in [3.05, 3.63) is 17.1 Å². The Balaban J connectivity index is 1.74. The van der Waals surface area contributed by atoms with Crippen LogP contribution in [-0.2, 0) is 0 Å². The number of hydrogen-bond donors (Lipinski definition) is 1. The van der Waals surface area contributed by atoms with Crippen molar-refractivity contribution in [3.63, 3.8) is 0 Å². The number of aromatic nitrogens is 2. The number of carbonyl (C=O) groups is 1. The standard InChI is InChI=1S/C19H26N4O2/c1-12-15(18(24)22-14-8-4-3-5-9-14)16-17(23-10-6-7-11-23)20-13(2)21-19(16)25-12/h14H,3-11H2,1-2H3,(H,22,24). The maximum atomic E-state index is 13.0. The molecule has 2 aromatic heterocycles. The zero-order valence-corrected chi connectivity index (χ0v) is 15.1. The zero-order chi connectivity index (χ0) is 17.4. The van der Waals surface area contributed by atoms with Crippen molar-refractivity contribution in [1.82, 2.24) is 15.3 Å². The number of rotatable bonds is 3. The van der Waals surface area contributed by atoms with Gasteiger partial charge in [0.1, 0.15) is 17.4 Å². The van der Waals surface area contributed by atoms with Gasteiger partial charge in [0.15, 0.2) is 0 Å². The summed E-state index contributed by atoms with van der Waals surface area (Å²) in [5.41, 5.74) is 1.14. The van der Waals surface area contributed by atoms with Crippen LogP contribution in [0.2, 0.25) is 0 Å². The zero-order valence-electron chi connectivity index (χ0n) is 15.1. The van der Waals surface area contributed by atoms with E-state index in [-0.39, 0.29) is 11.9 Å². The number of hydrogen-bond acceptors (Lipinski definition) is 5. The third-order valence-corrected chi connectivity index (χ3v) is 5.39. The average Bonchev–Trinajstić information content (AvgIpc) is 3.22. The van der Waals surface area contributed by atoms with Gasteiger partial charge >= 0.3 is 0 Å². The van der Waals surface area contributed by atoms with E-state index in [0.717, 1.165) is 50.0 Å². The molecule has 0 bridgehead atoms. The van der Waals surface area contributed by atoms with Gasteiger partial charge in [0.25, 0.3) is 5.91 Å². The highest BCUT2D eigenvalue weighted by molar-refractivity contribution is 6.10. The molecule has 1 amide bonds. The Labute approximate surface area is 148 Å². The summed E-state index contributed by atoms with van der Waals surface area (Å²) in [6.45, 7) is 5.66. The maximum absolute atomic E-state index is 13.0. The normalized spacial score (nSPS) is 18.9. The summed E-state index contributed by atoms with van der Waals surface area (Å²) >= 11 is 0. The fourth-order valence-electron chi connectivity index (χ4n) is 4.13. The predicted molar refractivity (Wildman–Crippen MR) is 97.1 cm³/mol. The lowest BCUT2D eigenvalue weighted by Crippen LogP contribution is -2.36. The fourth-order valence-corrected chi connectivity index (χ4v) is 4.13. The minimum Gasteiger partial charge on any atom is -0.442 e. The van der Waals surface area contributed by atoms with Gasteiger partial charge in [-0.3, -0.25) is 4.79 Å². The lowest BCUT2D eigenvalue weighted by Gasteiger charge is -2.23. The second-order valence-corrected chi connectivity index (χ2v) is 7.31. The Morgan fingerprint density at radius 3 is 2.52 bits per heavy atom. The highest BCUT2D eigenvalue weighted by atomic mass is 16.3. The first-order valence-electron chi connectivity index (χ1n) is 9.47. The number of carbonyl (C=O) groups excluding carboxylic acids is 1. The number of furan rings is 1. The smallest absolute Gasteiger partial charge is 0.255 e. The molecule has 0 unspecified atom stereocenters. The first kappa shape index (κ1) is 16.4. The minimum atomic E-state index is -0.0453. The van der Waals surface area contributed by atoms with Crippen LogP contribution < -0.4 is 10.2 Å². The quantitative estimate of drug-likeness (QED) is 0.924. The molecule has 1 N–H and O–H groups in total. The molecule has 0 atom stereocenters. The van der Waals surface area contributed by atoms with Crippen molar-refractivity contribution >= 4 is 22.8 Å². The molecular formula is C19H26N4O2. The van der Waals surface area contributed by atoms with Gasteiger partial charge in [-0.05, 0) is 39.5 Å². The molecule has 6 nitrogen and oxygen atoms in total. The molecule has 1 aliphatic carbocycles. The molecule has 4 rings (SSSR count). The van der Waals surface area contributed by atoms with Crippen molar-refractivity contribution in [1.29, 1.82) is 0 Å². The first-order valence-corrected chi connectivity index (χ1v) is 9.47. The van der Waals surface area contributed by atoms with E-state index in [2.05, 4.69) is 20.2 Å². The molecule has 6 heteroatoms.